The molecule has 0 aliphatic carbocycles. The Labute approximate surface area is 126 Å². The van der Waals surface area contributed by atoms with Crippen molar-refractivity contribution in [3.05, 3.63) is 36.0 Å². The third-order valence-corrected chi connectivity index (χ3v) is 3.71. The Hall–Kier alpha value is -1.81. The number of para-hydroxylation sites is 1. The summed E-state index contributed by atoms with van der Waals surface area (Å²) in [6, 6.07) is 8.27. The van der Waals surface area contributed by atoms with Gasteiger partial charge in [0, 0.05) is 43.7 Å². The fourth-order valence-electron chi connectivity index (χ4n) is 2.43. The molecule has 2 rings (SSSR count). The zero-order valence-electron chi connectivity index (χ0n) is 12.9. The van der Waals surface area contributed by atoms with Crippen molar-refractivity contribution < 1.29 is 9.53 Å². The molecule has 1 N–H and O–H groups in total. The molecule has 1 amide bonds. The van der Waals surface area contributed by atoms with Crippen LogP contribution in [0, 0.1) is 0 Å². The fourth-order valence-corrected chi connectivity index (χ4v) is 2.43. The topological polar surface area (TPSA) is 45.3 Å². The number of H-pyrrole nitrogens is 1. The molecule has 0 radical (unpaired) electrons. The quantitative estimate of drug-likeness (QED) is 0.759. The van der Waals surface area contributed by atoms with Gasteiger partial charge in [-0.25, -0.2) is 0 Å². The molecule has 0 saturated carbocycles. The second kappa shape index (κ2) is 7.84. The van der Waals surface area contributed by atoms with E-state index in [1.165, 1.54) is 10.9 Å². The summed E-state index contributed by atoms with van der Waals surface area (Å²) in [5.41, 5.74) is 2.45. The van der Waals surface area contributed by atoms with Crippen LogP contribution in [0.2, 0.25) is 0 Å². The van der Waals surface area contributed by atoms with Crippen molar-refractivity contribution in [3.8, 4) is 0 Å². The number of carbonyl (C=O) groups is 1. The number of hydrogen-bond acceptors (Lipinski definition) is 2. The van der Waals surface area contributed by atoms with Crippen LogP contribution in [0.1, 0.15) is 25.3 Å². The number of benzene rings is 1. The predicted octanol–water partition coefficient (Wildman–Crippen LogP) is 2.99. The summed E-state index contributed by atoms with van der Waals surface area (Å²) in [6.45, 7) is 3.94. The average Bonchev–Trinajstić information content (AvgIpc) is 2.91. The van der Waals surface area contributed by atoms with Crippen LogP contribution in [0.25, 0.3) is 10.9 Å². The largest absolute Gasteiger partial charge is 0.380 e. The number of carbonyl (C=O) groups excluding carboxylic acids is 1. The molecular formula is C17H24N2O2. The van der Waals surface area contributed by atoms with Gasteiger partial charge < -0.3 is 14.6 Å². The van der Waals surface area contributed by atoms with E-state index in [0.29, 0.717) is 26.2 Å². The van der Waals surface area contributed by atoms with Crippen molar-refractivity contribution in [1.82, 2.24) is 9.88 Å². The number of nitrogens with zero attached hydrogens (tertiary/aromatic N) is 1. The Morgan fingerprint density at radius 3 is 2.95 bits per heavy atom. The van der Waals surface area contributed by atoms with Crippen LogP contribution in [-0.4, -0.2) is 42.6 Å². The molecule has 0 fully saturated rings. The summed E-state index contributed by atoms with van der Waals surface area (Å²) in [5, 5.41) is 1.26. The predicted molar refractivity (Wildman–Crippen MR) is 85.4 cm³/mol. The van der Waals surface area contributed by atoms with E-state index in [1.54, 1.807) is 4.90 Å². The van der Waals surface area contributed by atoms with Crippen molar-refractivity contribution >= 4 is 16.8 Å². The molecule has 0 aliphatic rings. The van der Waals surface area contributed by atoms with E-state index in [9.17, 15) is 4.79 Å². The van der Waals surface area contributed by atoms with Crippen LogP contribution in [-0.2, 0) is 16.0 Å². The highest BCUT2D eigenvalue weighted by molar-refractivity contribution is 5.83. The number of aromatic nitrogens is 1. The van der Waals surface area contributed by atoms with Crippen molar-refractivity contribution in [2.45, 2.75) is 26.2 Å². The number of hydrogen-bond donors (Lipinski definition) is 1. The minimum atomic E-state index is 0.189. The molecule has 21 heavy (non-hydrogen) atoms. The number of rotatable bonds is 8. The Balaban J connectivity index is 1.77. The molecule has 0 unspecified atom stereocenters. The van der Waals surface area contributed by atoms with Gasteiger partial charge in [-0.15, -0.1) is 0 Å². The van der Waals surface area contributed by atoms with Crippen LogP contribution in [0.5, 0.6) is 0 Å². The van der Waals surface area contributed by atoms with Gasteiger partial charge in [-0.05, 0) is 31.4 Å². The van der Waals surface area contributed by atoms with Gasteiger partial charge in [0.25, 0.3) is 0 Å². The molecule has 2 aromatic rings. The van der Waals surface area contributed by atoms with Gasteiger partial charge in [0.1, 0.15) is 0 Å². The highest BCUT2D eigenvalue weighted by atomic mass is 16.5. The molecule has 1 aromatic heterocycles. The highest BCUT2D eigenvalue weighted by Gasteiger charge is 2.09. The summed E-state index contributed by atoms with van der Waals surface area (Å²) in [6.07, 6.45) is 4.44. The molecule has 0 saturated heterocycles. The van der Waals surface area contributed by atoms with Crippen LogP contribution >= 0.6 is 0 Å². The zero-order chi connectivity index (χ0) is 15.1. The van der Waals surface area contributed by atoms with E-state index in [1.807, 2.05) is 32.3 Å². The standard InChI is InChI=1S/C17H24N2O2/c1-3-21-12-11-19(2)17(20)10-6-7-14-13-18-16-9-5-4-8-15(14)16/h4-5,8-9,13,18H,3,6-7,10-12H2,1-2H3. The van der Waals surface area contributed by atoms with E-state index in [2.05, 4.69) is 17.1 Å². The van der Waals surface area contributed by atoms with Crippen molar-refractivity contribution in [2.24, 2.45) is 0 Å². The van der Waals surface area contributed by atoms with E-state index < -0.39 is 0 Å². The summed E-state index contributed by atoms with van der Waals surface area (Å²) >= 11 is 0. The Bertz CT molecular complexity index is 577. The lowest BCUT2D eigenvalue weighted by molar-refractivity contribution is -0.130. The summed E-state index contributed by atoms with van der Waals surface area (Å²) < 4.78 is 5.27. The third-order valence-electron chi connectivity index (χ3n) is 3.71. The molecule has 1 heterocycles. The molecule has 1 aromatic carbocycles. The molecule has 4 nitrogen and oxygen atoms in total. The van der Waals surface area contributed by atoms with E-state index in [0.717, 1.165) is 18.4 Å². The second-order valence-electron chi connectivity index (χ2n) is 5.23. The maximum atomic E-state index is 12.0. The van der Waals surface area contributed by atoms with Gasteiger partial charge >= 0.3 is 0 Å². The smallest absolute Gasteiger partial charge is 0.222 e. The molecule has 114 valence electrons. The fraction of sp³-hybridized carbons (Fsp3) is 0.471. The number of aryl methyl sites for hydroxylation is 1. The van der Waals surface area contributed by atoms with E-state index in [-0.39, 0.29) is 5.91 Å². The maximum absolute atomic E-state index is 12.0. The lowest BCUT2D eigenvalue weighted by Crippen LogP contribution is -2.30. The van der Waals surface area contributed by atoms with Gasteiger partial charge in [-0.3, -0.25) is 4.79 Å². The van der Waals surface area contributed by atoms with Gasteiger partial charge in [0.05, 0.1) is 6.61 Å². The highest BCUT2D eigenvalue weighted by Crippen LogP contribution is 2.19. The number of fused-ring (bicyclic) bond motifs is 1. The summed E-state index contributed by atoms with van der Waals surface area (Å²) in [4.78, 5) is 17.0. The number of amides is 1. The first-order valence-electron chi connectivity index (χ1n) is 7.59. The number of aromatic amines is 1. The number of nitrogens with one attached hydrogen (secondary N) is 1. The van der Waals surface area contributed by atoms with Gasteiger partial charge in [0.15, 0.2) is 0 Å². The van der Waals surface area contributed by atoms with Crippen molar-refractivity contribution in [1.29, 1.82) is 0 Å². The zero-order valence-corrected chi connectivity index (χ0v) is 12.9. The Morgan fingerprint density at radius 2 is 2.14 bits per heavy atom. The minimum absolute atomic E-state index is 0.189. The molecule has 0 atom stereocenters. The van der Waals surface area contributed by atoms with Crippen LogP contribution in [0.3, 0.4) is 0 Å². The van der Waals surface area contributed by atoms with E-state index >= 15 is 0 Å². The number of likely N-dealkylation sites (N-methyl/N-ethyl adjacent to an activating group) is 1. The monoisotopic (exact) mass is 288 g/mol. The molecule has 4 heteroatoms. The summed E-state index contributed by atoms with van der Waals surface area (Å²) in [5.74, 6) is 0.189. The second-order valence-corrected chi connectivity index (χ2v) is 5.23. The molecule has 0 spiro atoms. The molecule has 0 aliphatic heterocycles. The van der Waals surface area contributed by atoms with E-state index in [4.69, 9.17) is 4.74 Å². The normalized spacial score (nSPS) is 11.0. The molecule has 0 bridgehead atoms. The van der Waals surface area contributed by atoms with Crippen LogP contribution < -0.4 is 0 Å². The third kappa shape index (κ3) is 4.33. The lowest BCUT2D eigenvalue weighted by atomic mass is 10.1. The average molecular weight is 288 g/mol. The molecular weight excluding hydrogens is 264 g/mol. The Kier molecular flexibility index (Phi) is 5.81. The SMILES string of the molecule is CCOCCN(C)C(=O)CCCc1c[nH]c2ccccc12. The first-order valence-corrected chi connectivity index (χ1v) is 7.59. The Morgan fingerprint density at radius 1 is 1.33 bits per heavy atom. The first-order chi connectivity index (χ1) is 10.2. The van der Waals surface area contributed by atoms with Gasteiger partial charge in [-0.1, -0.05) is 18.2 Å². The number of ether oxygens (including phenoxy) is 1. The maximum Gasteiger partial charge on any atom is 0.222 e. The van der Waals surface area contributed by atoms with Gasteiger partial charge in [0.2, 0.25) is 5.91 Å². The van der Waals surface area contributed by atoms with Crippen LogP contribution in [0.4, 0.5) is 0 Å². The van der Waals surface area contributed by atoms with Crippen molar-refractivity contribution in [3.63, 3.8) is 0 Å². The first kappa shape index (κ1) is 15.6. The minimum Gasteiger partial charge on any atom is -0.380 e. The van der Waals surface area contributed by atoms with Crippen molar-refractivity contribution in [2.75, 3.05) is 26.8 Å². The lowest BCUT2D eigenvalue weighted by Gasteiger charge is -2.16. The summed E-state index contributed by atoms with van der Waals surface area (Å²) in [7, 11) is 1.84. The van der Waals surface area contributed by atoms with Crippen LogP contribution in [0.15, 0.2) is 30.5 Å². The van der Waals surface area contributed by atoms with Gasteiger partial charge in [-0.2, -0.15) is 0 Å².